The summed E-state index contributed by atoms with van der Waals surface area (Å²) >= 11 is 0. The summed E-state index contributed by atoms with van der Waals surface area (Å²) in [5.74, 6) is 0. The first-order valence-corrected chi connectivity index (χ1v) is 4.74. The molecule has 3 rings (SSSR count). The lowest BCUT2D eigenvalue weighted by Crippen LogP contribution is -1.95. The molecule has 0 aromatic rings. The molecule has 0 aromatic carbocycles. The molecule has 2 saturated heterocycles. The molecular weight excluding hydrogens is 140 g/mol. The van der Waals surface area contributed by atoms with Gasteiger partial charge < -0.3 is 9.47 Å². The van der Waals surface area contributed by atoms with Crippen LogP contribution in [0.1, 0.15) is 32.1 Å². The van der Waals surface area contributed by atoms with Crippen molar-refractivity contribution >= 4 is 0 Å². The third-order valence-electron chi connectivity index (χ3n) is 3.09. The zero-order chi connectivity index (χ0) is 7.26. The standard InChI is InChI=1S/C9H14O2/c1-2-6-8(10-6)4-5-9-7(3-1)11-9/h6-9H,1-5H2/t6?,7?,8-,9-/m1/s1. The van der Waals surface area contributed by atoms with Gasteiger partial charge in [0.05, 0.1) is 24.4 Å². The molecule has 2 heterocycles. The van der Waals surface area contributed by atoms with E-state index in [0.717, 1.165) is 0 Å². The van der Waals surface area contributed by atoms with Crippen LogP contribution in [0.5, 0.6) is 0 Å². The highest BCUT2D eigenvalue weighted by Gasteiger charge is 2.45. The lowest BCUT2D eigenvalue weighted by molar-refractivity contribution is 0.339. The van der Waals surface area contributed by atoms with Crippen LogP contribution in [-0.2, 0) is 9.47 Å². The molecule has 2 aliphatic heterocycles. The molecule has 0 bridgehead atoms. The lowest BCUT2D eigenvalue weighted by Gasteiger charge is -1.91. The molecule has 2 heteroatoms. The molecule has 2 unspecified atom stereocenters. The fraction of sp³-hybridized carbons (Fsp3) is 1.00. The van der Waals surface area contributed by atoms with Gasteiger partial charge in [-0.05, 0) is 32.1 Å². The molecule has 3 fully saturated rings. The minimum atomic E-state index is 0.609. The summed E-state index contributed by atoms with van der Waals surface area (Å²) in [6, 6.07) is 0. The Hall–Kier alpha value is -0.0800. The average molecular weight is 154 g/mol. The maximum absolute atomic E-state index is 5.50. The zero-order valence-corrected chi connectivity index (χ0v) is 6.66. The highest BCUT2D eigenvalue weighted by Crippen LogP contribution is 2.39. The summed E-state index contributed by atoms with van der Waals surface area (Å²) in [6.07, 6.45) is 8.82. The van der Waals surface area contributed by atoms with E-state index in [1.807, 2.05) is 0 Å². The Morgan fingerprint density at radius 1 is 0.636 bits per heavy atom. The Kier molecular flexibility index (Phi) is 1.29. The van der Waals surface area contributed by atoms with Gasteiger partial charge in [-0.3, -0.25) is 0 Å². The van der Waals surface area contributed by atoms with Crippen LogP contribution in [0.4, 0.5) is 0 Å². The van der Waals surface area contributed by atoms with Crippen molar-refractivity contribution in [3.05, 3.63) is 0 Å². The minimum Gasteiger partial charge on any atom is -0.370 e. The third kappa shape index (κ3) is 1.18. The third-order valence-corrected chi connectivity index (χ3v) is 3.09. The molecule has 0 amide bonds. The van der Waals surface area contributed by atoms with E-state index in [0.29, 0.717) is 24.4 Å². The van der Waals surface area contributed by atoms with Crippen LogP contribution in [-0.4, -0.2) is 24.4 Å². The monoisotopic (exact) mass is 154 g/mol. The molecule has 0 N–H and O–H groups in total. The van der Waals surface area contributed by atoms with Gasteiger partial charge in [0.2, 0.25) is 0 Å². The second kappa shape index (κ2) is 2.20. The summed E-state index contributed by atoms with van der Waals surface area (Å²) in [5.41, 5.74) is 0. The molecule has 1 aliphatic carbocycles. The molecule has 0 radical (unpaired) electrons. The van der Waals surface area contributed by atoms with Crippen molar-refractivity contribution in [1.29, 1.82) is 0 Å². The topological polar surface area (TPSA) is 25.1 Å². The summed E-state index contributed by atoms with van der Waals surface area (Å²) in [6.45, 7) is 0. The van der Waals surface area contributed by atoms with Crippen LogP contribution in [0.2, 0.25) is 0 Å². The van der Waals surface area contributed by atoms with Crippen molar-refractivity contribution in [1.82, 2.24) is 0 Å². The Labute approximate surface area is 66.9 Å². The molecule has 11 heavy (non-hydrogen) atoms. The van der Waals surface area contributed by atoms with Crippen LogP contribution < -0.4 is 0 Å². The van der Waals surface area contributed by atoms with Crippen LogP contribution >= 0.6 is 0 Å². The largest absolute Gasteiger partial charge is 0.370 e. The number of epoxide rings is 2. The summed E-state index contributed by atoms with van der Waals surface area (Å²) < 4.78 is 11.0. The number of hydrogen-bond donors (Lipinski definition) is 0. The summed E-state index contributed by atoms with van der Waals surface area (Å²) in [4.78, 5) is 0. The number of hydrogen-bond acceptors (Lipinski definition) is 2. The van der Waals surface area contributed by atoms with Crippen molar-refractivity contribution < 1.29 is 9.47 Å². The molecule has 4 atom stereocenters. The van der Waals surface area contributed by atoms with Crippen molar-refractivity contribution in [2.45, 2.75) is 56.5 Å². The van der Waals surface area contributed by atoms with E-state index in [-0.39, 0.29) is 0 Å². The summed E-state index contributed by atoms with van der Waals surface area (Å²) in [5, 5.41) is 0. The average Bonchev–Trinajstić information content (AvgIpc) is 2.85. The smallest absolute Gasteiger partial charge is 0.0842 e. The van der Waals surface area contributed by atoms with Gasteiger partial charge in [-0.1, -0.05) is 0 Å². The Bertz CT molecular complexity index is 151. The van der Waals surface area contributed by atoms with E-state index in [9.17, 15) is 0 Å². The van der Waals surface area contributed by atoms with Gasteiger partial charge in [-0.2, -0.15) is 0 Å². The van der Waals surface area contributed by atoms with Crippen molar-refractivity contribution in [3.8, 4) is 0 Å². The summed E-state index contributed by atoms with van der Waals surface area (Å²) in [7, 11) is 0. The first kappa shape index (κ1) is 6.44. The van der Waals surface area contributed by atoms with Crippen LogP contribution in [0, 0.1) is 0 Å². The van der Waals surface area contributed by atoms with Gasteiger partial charge in [0, 0.05) is 0 Å². The van der Waals surface area contributed by atoms with Gasteiger partial charge in [-0.15, -0.1) is 0 Å². The van der Waals surface area contributed by atoms with Crippen molar-refractivity contribution in [2.24, 2.45) is 0 Å². The molecule has 0 aromatic heterocycles. The van der Waals surface area contributed by atoms with E-state index in [2.05, 4.69) is 0 Å². The quantitative estimate of drug-likeness (QED) is 0.494. The Morgan fingerprint density at radius 2 is 1.09 bits per heavy atom. The van der Waals surface area contributed by atoms with Gasteiger partial charge in [0.15, 0.2) is 0 Å². The Balaban J connectivity index is 1.62. The zero-order valence-electron chi connectivity index (χ0n) is 6.66. The second-order valence-corrected chi connectivity index (χ2v) is 3.93. The molecule has 3 aliphatic rings. The maximum atomic E-state index is 5.50. The van der Waals surface area contributed by atoms with Gasteiger partial charge in [0.25, 0.3) is 0 Å². The van der Waals surface area contributed by atoms with Gasteiger partial charge >= 0.3 is 0 Å². The van der Waals surface area contributed by atoms with Crippen molar-refractivity contribution in [2.75, 3.05) is 0 Å². The van der Waals surface area contributed by atoms with Gasteiger partial charge in [0.1, 0.15) is 0 Å². The molecule has 62 valence electrons. The maximum Gasteiger partial charge on any atom is 0.0842 e. The normalized spacial score (nSPS) is 54.5. The van der Waals surface area contributed by atoms with E-state index in [1.54, 1.807) is 0 Å². The van der Waals surface area contributed by atoms with Gasteiger partial charge in [-0.25, -0.2) is 0 Å². The van der Waals surface area contributed by atoms with E-state index < -0.39 is 0 Å². The predicted molar refractivity (Wildman–Crippen MR) is 40.4 cm³/mol. The minimum absolute atomic E-state index is 0.609. The SMILES string of the molecule is C1CC2O[C@@H]2CC[C@H]2OC2C1. The first-order valence-electron chi connectivity index (χ1n) is 4.74. The van der Waals surface area contributed by atoms with E-state index in [4.69, 9.17) is 9.47 Å². The fourth-order valence-electron chi connectivity index (χ4n) is 2.22. The fourth-order valence-corrected chi connectivity index (χ4v) is 2.22. The van der Waals surface area contributed by atoms with Crippen LogP contribution in [0.25, 0.3) is 0 Å². The van der Waals surface area contributed by atoms with Crippen LogP contribution in [0.3, 0.4) is 0 Å². The predicted octanol–water partition coefficient (Wildman–Crippen LogP) is 1.49. The molecule has 1 saturated carbocycles. The molecule has 2 nitrogen and oxygen atoms in total. The number of ether oxygens (including phenoxy) is 2. The van der Waals surface area contributed by atoms with Crippen molar-refractivity contribution in [3.63, 3.8) is 0 Å². The second-order valence-electron chi connectivity index (χ2n) is 3.93. The first-order chi connectivity index (χ1) is 5.43. The van der Waals surface area contributed by atoms with E-state index in [1.165, 1.54) is 32.1 Å². The highest BCUT2D eigenvalue weighted by atomic mass is 16.6. The number of rotatable bonds is 0. The van der Waals surface area contributed by atoms with Crippen LogP contribution in [0.15, 0.2) is 0 Å². The lowest BCUT2D eigenvalue weighted by atomic mass is 10.1. The number of fused-ring (bicyclic) bond motifs is 2. The van der Waals surface area contributed by atoms with E-state index >= 15 is 0 Å². The molecular formula is C9H14O2. The molecule has 0 spiro atoms. The Morgan fingerprint density at radius 3 is 1.64 bits per heavy atom. The highest BCUT2D eigenvalue weighted by molar-refractivity contribution is 4.93.